The van der Waals surface area contributed by atoms with Gasteiger partial charge >= 0.3 is 166 Å². The van der Waals surface area contributed by atoms with Crippen molar-refractivity contribution in [2.75, 3.05) is 0 Å². The molecule has 25 heteroatoms. The van der Waals surface area contributed by atoms with Crippen LogP contribution in [0.5, 0.6) is 0 Å². The quantitative estimate of drug-likeness (QED) is 0.164. The molecule has 0 saturated carbocycles. The molecule has 25 heavy (non-hydrogen) atoms. The van der Waals surface area contributed by atoms with E-state index in [0.29, 0.717) is 0 Å². The van der Waals surface area contributed by atoms with Gasteiger partial charge in [-0.05, 0) is 0 Å². The Balaban J connectivity index is -0.0000000183. The van der Waals surface area contributed by atoms with E-state index in [1.807, 2.05) is 0 Å². The van der Waals surface area contributed by atoms with Crippen LogP contribution >= 0.6 is 0 Å². The van der Waals surface area contributed by atoms with Gasteiger partial charge < -0.3 is 24.6 Å². The van der Waals surface area contributed by atoms with Crippen molar-refractivity contribution in [3.8, 4) is 0 Å². The molecule has 0 aromatic heterocycles. The molecule has 0 rings (SSSR count). The van der Waals surface area contributed by atoms with Crippen molar-refractivity contribution < 1.29 is 166 Å². The predicted molar refractivity (Wildman–Crippen MR) is 29.4 cm³/mol. The maximum absolute atomic E-state index is 8.63. The van der Waals surface area contributed by atoms with Gasteiger partial charge in [0, 0.05) is 0 Å². The van der Waals surface area contributed by atoms with Gasteiger partial charge in [-0.15, -0.1) is 0 Å². The van der Waals surface area contributed by atoms with E-state index >= 15 is 0 Å². The van der Waals surface area contributed by atoms with Crippen LogP contribution in [0.15, 0.2) is 0 Å². The average molecular weight is 852 g/mol. The van der Waals surface area contributed by atoms with E-state index in [2.05, 4.69) is 0 Å². The zero-order valence-electron chi connectivity index (χ0n) is 12.7. The summed E-state index contributed by atoms with van der Waals surface area (Å²) in [4.78, 5) is 0. The standard InChI is InChI=1S/Ce.4Mo.4H3N.16O/h;;;;;4*1H3;;;;;;;;;;;;;;;;/q+4;;;;;;;;;;;;;;;;;8*-1/p+4. The molecule has 0 amide bonds. The fraction of sp³-hybridized carbons (Fsp3) is 0. The van der Waals surface area contributed by atoms with E-state index in [-0.39, 0.29) is 66.3 Å². The fourth-order valence-corrected chi connectivity index (χ4v) is 0. The Kier molecular flexibility index (Phi) is 54.3. The Morgan fingerprint density at radius 1 is 0.320 bits per heavy atom. The number of quaternary nitrogens is 4. The monoisotopic (exact) mass is 860 g/mol. The average Bonchev–Trinajstić information content (AvgIpc) is 1.62. The molecule has 0 fully saturated rings. The molecule has 0 heterocycles. The second-order valence-electron chi connectivity index (χ2n) is 1.63. The van der Waals surface area contributed by atoms with Crippen LogP contribution < -0.4 is 54.7 Å². The molecule has 0 aliphatic carbocycles. The van der Waals surface area contributed by atoms with Gasteiger partial charge in [0.05, 0.1) is 0 Å². The van der Waals surface area contributed by atoms with Crippen molar-refractivity contribution >= 4 is 0 Å². The molecule has 0 radical (unpaired) electrons. The van der Waals surface area contributed by atoms with Crippen LogP contribution in [0.3, 0.4) is 0 Å². The molecule has 16 N–H and O–H groups in total. The van der Waals surface area contributed by atoms with Crippen molar-refractivity contribution in [3.63, 3.8) is 0 Å². The molecule has 0 aromatic rings. The SMILES string of the molecule is [Ce+4].[NH4+].[NH4+].[NH4+].[NH4+].[O]=[Mo](=[O])([O-])[O-].[O]=[Mo](=[O])([O-])[O-].[O]=[Mo](=[O])([O-])[O-].[O]=[Mo](=[O])([O-])[O-]. The van der Waals surface area contributed by atoms with Crippen molar-refractivity contribution in [1.29, 1.82) is 0 Å². The van der Waals surface area contributed by atoms with E-state index in [1.165, 1.54) is 0 Å². The molecule has 0 bridgehead atoms. The van der Waals surface area contributed by atoms with Gasteiger partial charge in [-0.2, -0.15) is 0 Å². The van der Waals surface area contributed by atoms with Gasteiger partial charge in [-0.1, -0.05) is 0 Å². The Morgan fingerprint density at radius 2 is 0.320 bits per heavy atom. The first kappa shape index (κ1) is 56.3. The van der Waals surface area contributed by atoms with Crippen molar-refractivity contribution in [2.24, 2.45) is 0 Å². The van der Waals surface area contributed by atoms with Crippen LogP contribution in [-0.4, -0.2) is 0 Å². The first-order chi connectivity index (χ1) is 8.00. The molecular weight excluding hydrogens is 836 g/mol. The van der Waals surface area contributed by atoms with Crippen molar-refractivity contribution in [1.82, 2.24) is 24.6 Å². The van der Waals surface area contributed by atoms with E-state index in [4.69, 9.17) is 57.3 Å². The summed E-state index contributed by atoms with van der Waals surface area (Å²) in [5.74, 6) is 0. The first-order valence-corrected chi connectivity index (χ1v) is 15.8. The first-order valence-electron chi connectivity index (χ1n) is 2.67. The van der Waals surface area contributed by atoms with Gasteiger partial charge in [-0.25, -0.2) is 0 Å². The maximum atomic E-state index is 8.63. The summed E-state index contributed by atoms with van der Waals surface area (Å²) in [6.45, 7) is 0. The molecule has 0 atom stereocenters. The summed E-state index contributed by atoms with van der Waals surface area (Å²) in [7, 11) is 0. The molecule has 0 unspecified atom stereocenters. The molecule has 0 aromatic carbocycles. The van der Waals surface area contributed by atoms with Crippen LogP contribution in [0.4, 0.5) is 0 Å². The summed E-state index contributed by atoms with van der Waals surface area (Å²) in [6, 6.07) is 0. The Morgan fingerprint density at radius 3 is 0.320 bits per heavy atom. The zero-order chi connectivity index (χ0) is 18.0. The van der Waals surface area contributed by atoms with Crippen molar-refractivity contribution in [3.05, 3.63) is 0 Å². The summed E-state index contributed by atoms with van der Waals surface area (Å²) < 4.78 is 138. The van der Waals surface area contributed by atoms with Crippen LogP contribution in [0.1, 0.15) is 0 Å². The molecule has 0 spiro atoms. The van der Waals surface area contributed by atoms with Crippen molar-refractivity contribution in [2.45, 2.75) is 0 Å². The Labute approximate surface area is 187 Å². The Bertz CT molecular complexity index is 489. The van der Waals surface area contributed by atoms with Crippen LogP contribution in [-0.2, 0) is 94.2 Å². The van der Waals surface area contributed by atoms with Crippen LogP contribution in [0.25, 0.3) is 0 Å². The molecule has 0 aliphatic rings. The molecular formula is H16CeMo4N4O16. The van der Waals surface area contributed by atoms with E-state index < -0.39 is 67.0 Å². The van der Waals surface area contributed by atoms with Gasteiger partial charge in [0.2, 0.25) is 0 Å². The number of rotatable bonds is 0. The van der Waals surface area contributed by atoms with Gasteiger partial charge in [0.25, 0.3) is 0 Å². The van der Waals surface area contributed by atoms with E-state index in [9.17, 15) is 0 Å². The fourth-order valence-electron chi connectivity index (χ4n) is 0. The summed E-state index contributed by atoms with van der Waals surface area (Å²) >= 11 is -24.1. The summed E-state index contributed by atoms with van der Waals surface area (Å²) in [5.41, 5.74) is 0. The molecule has 0 aliphatic heterocycles. The third-order valence-electron chi connectivity index (χ3n) is 0. The second kappa shape index (κ2) is 24.1. The van der Waals surface area contributed by atoms with Gasteiger partial charge in [0.1, 0.15) is 0 Å². The van der Waals surface area contributed by atoms with E-state index in [1.54, 1.807) is 0 Å². The molecule has 160 valence electrons. The molecule has 0 saturated heterocycles. The topological polar surface area (TPSA) is 467 Å². The predicted octanol–water partition coefficient (Wildman–Crippen LogP) is -8.97. The van der Waals surface area contributed by atoms with E-state index in [0.717, 1.165) is 0 Å². The Hall–Kier alpha value is 2.05. The minimum atomic E-state index is -6.02. The minimum absolute atomic E-state index is 0. The third kappa shape index (κ3) is 3590. The van der Waals surface area contributed by atoms with Crippen LogP contribution in [0.2, 0.25) is 0 Å². The normalized spacial score (nSPS) is 9.28. The summed E-state index contributed by atoms with van der Waals surface area (Å²) in [5, 5.41) is 0. The third-order valence-corrected chi connectivity index (χ3v) is 0. The second-order valence-corrected chi connectivity index (χ2v) is 9.66. The zero-order valence-corrected chi connectivity index (χ0v) is 23.8. The molecule has 20 nitrogen and oxygen atoms in total. The summed E-state index contributed by atoms with van der Waals surface area (Å²) in [6.07, 6.45) is 0. The number of hydrogen-bond donors (Lipinski definition) is 4. The van der Waals surface area contributed by atoms with Gasteiger partial charge in [0.15, 0.2) is 0 Å². The van der Waals surface area contributed by atoms with Crippen LogP contribution in [0, 0.1) is 41.7 Å². The van der Waals surface area contributed by atoms with Gasteiger partial charge in [-0.3, -0.25) is 0 Å². The number of hydrogen-bond acceptors (Lipinski definition) is 16.